The Hall–Kier alpha value is -1.89. The van der Waals surface area contributed by atoms with Crippen molar-refractivity contribution in [3.8, 4) is 0 Å². The maximum absolute atomic E-state index is 13.1. The monoisotopic (exact) mass is 312 g/mol. The lowest BCUT2D eigenvalue weighted by Crippen LogP contribution is -2.05. The molecule has 1 N–H and O–H groups in total. The summed E-state index contributed by atoms with van der Waals surface area (Å²) in [7, 11) is 0. The summed E-state index contributed by atoms with van der Waals surface area (Å²) in [6.07, 6.45) is 2.23. The Morgan fingerprint density at radius 2 is 2.00 bits per heavy atom. The molecule has 0 atom stereocenters. The van der Waals surface area contributed by atoms with Gasteiger partial charge in [-0.3, -0.25) is 4.79 Å². The Balaban J connectivity index is 2.07. The Bertz CT molecular complexity index is 638. The van der Waals surface area contributed by atoms with Gasteiger partial charge < -0.3 is 9.67 Å². The number of carboxylic acids is 1. The third kappa shape index (κ3) is 4.56. The van der Waals surface area contributed by atoms with Crippen LogP contribution in [0.5, 0.6) is 0 Å². The van der Waals surface area contributed by atoms with E-state index in [-0.39, 0.29) is 5.75 Å². The van der Waals surface area contributed by atoms with Crippen LogP contribution in [0, 0.1) is 18.6 Å². The molecule has 1 aromatic heterocycles. The van der Waals surface area contributed by atoms with Crippen LogP contribution in [0.2, 0.25) is 0 Å². The van der Waals surface area contributed by atoms with Gasteiger partial charge in [0.1, 0.15) is 11.6 Å². The lowest BCUT2D eigenvalue weighted by Gasteiger charge is -2.07. The van der Waals surface area contributed by atoms with E-state index in [9.17, 15) is 13.6 Å². The van der Waals surface area contributed by atoms with E-state index in [1.165, 1.54) is 12.1 Å². The fourth-order valence-electron chi connectivity index (χ4n) is 1.93. The van der Waals surface area contributed by atoms with Crippen LogP contribution in [-0.2, 0) is 17.8 Å². The molecule has 0 radical (unpaired) electrons. The minimum absolute atomic E-state index is 0.0783. The first-order valence-electron chi connectivity index (χ1n) is 6.27. The van der Waals surface area contributed by atoms with Gasteiger partial charge in [0.15, 0.2) is 5.16 Å². The number of aryl methyl sites for hydroxylation is 3. The van der Waals surface area contributed by atoms with E-state index in [4.69, 9.17) is 5.11 Å². The van der Waals surface area contributed by atoms with Gasteiger partial charge in [-0.25, -0.2) is 13.8 Å². The number of benzene rings is 1. The first-order valence-corrected chi connectivity index (χ1v) is 7.26. The van der Waals surface area contributed by atoms with Crippen molar-refractivity contribution in [2.75, 3.05) is 5.75 Å². The average Bonchev–Trinajstić information content (AvgIpc) is 2.73. The van der Waals surface area contributed by atoms with Crippen LogP contribution in [0.25, 0.3) is 0 Å². The molecule has 7 heteroatoms. The fourth-order valence-corrected chi connectivity index (χ4v) is 2.70. The molecule has 0 bridgehead atoms. The van der Waals surface area contributed by atoms with E-state index < -0.39 is 17.6 Å². The SMILES string of the molecule is Cc1cn(CCc2cc(F)cc(F)c2)c(SCC(=O)O)n1. The highest BCUT2D eigenvalue weighted by molar-refractivity contribution is 7.99. The number of carbonyl (C=O) groups is 1. The Kier molecular flexibility index (Phi) is 4.95. The van der Waals surface area contributed by atoms with Crippen molar-refractivity contribution in [1.29, 1.82) is 0 Å². The van der Waals surface area contributed by atoms with Gasteiger partial charge in [0.2, 0.25) is 0 Å². The largest absolute Gasteiger partial charge is 0.481 e. The van der Waals surface area contributed by atoms with Gasteiger partial charge in [-0.2, -0.15) is 0 Å². The fraction of sp³-hybridized carbons (Fsp3) is 0.286. The Morgan fingerprint density at radius 1 is 1.33 bits per heavy atom. The molecule has 112 valence electrons. The molecule has 0 aliphatic heterocycles. The van der Waals surface area contributed by atoms with E-state index in [0.29, 0.717) is 23.7 Å². The van der Waals surface area contributed by atoms with Crippen molar-refractivity contribution >= 4 is 17.7 Å². The molecule has 4 nitrogen and oxygen atoms in total. The number of rotatable bonds is 6. The third-order valence-corrected chi connectivity index (χ3v) is 3.72. The number of imidazole rings is 1. The minimum Gasteiger partial charge on any atom is -0.481 e. The number of halogens is 2. The number of aromatic nitrogens is 2. The summed E-state index contributed by atoms with van der Waals surface area (Å²) < 4.78 is 28.0. The topological polar surface area (TPSA) is 55.1 Å². The second-order valence-corrected chi connectivity index (χ2v) is 5.51. The Morgan fingerprint density at radius 3 is 2.62 bits per heavy atom. The molecule has 0 fully saturated rings. The molecule has 0 saturated carbocycles. The zero-order valence-electron chi connectivity index (χ0n) is 11.3. The molecule has 2 rings (SSSR count). The van der Waals surface area contributed by atoms with Gasteiger partial charge in [-0.15, -0.1) is 0 Å². The maximum Gasteiger partial charge on any atom is 0.313 e. The van der Waals surface area contributed by atoms with Gasteiger partial charge >= 0.3 is 5.97 Å². The molecule has 1 heterocycles. The molecule has 2 aromatic rings. The second-order valence-electron chi connectivity index (χ2n) is 4.57. The standard InChI is InChI=1S/C14H14F2N2O2S/c1-9-7-18(14(17-9)21-8-13(19)20)3-2-10-4-11(15)6-12(16)5-10/h4-7H,2-3,8H2,1H3,(H,19,20). The second kappa shape index (κ2) is 6.71. The van der Waals surface area contributed by atoms with Crippen LogP contribution in [-0.4, -0.2) is 26.4 Å². The van der Waals surface area contributed by atoms with Gasteiger partial charge in [0.05, 0.1) is 11.4 Å². The molecule has 21 heavy (non-hydrogen) atoms. The van der Waals surface area contributed by atoms with E-state index >= 15 is 0 Å². The predicted octanol–water partition coefficient (Wildman–Crippen LogP) is 2.89. The highest BCUT2D eigenvalue weighted by atomic mass is 32.2. The molecule has 0 amide bonds. The van der Waals surface area contributed by atoms with Crippen molar-refractivity contribution in [1.82, 2.24) is 9.55 Å². The minimum atomic E-state index is -0.917. The number of hydrogen-bond donors (Lipinski definition) is 1. The van der Waals surface area contributed by atoms with Crippen molar-refractivity contribution in [2.45, 2.75) is 25.0 Å². The molecule has 0 spiro atoms. The summed E-state index contributed by atoms with van der Waals surface area (Å²) in [5.41, 5.74) is 1.32. The van der Waals surface area contributed by atoms with E-state index in [1.54, 1.807) is 10.8 Å². The molecule has 0 aliphatic rings. The predicted molar refractivity (Wildman–Crippen MR) is 75.4 cm³/mol. The maximum atomic E-state index is 13.1. The number of thioether (sulfide) groups is 1. The van der Waals surface area contributed by atoms with Crippen LogP contribution in [0.4, 0.5) is 8.78 Å². The summed E-state index contributed by atoms with van der Waals surface area (Å²) in [5.74, 6) is -2.20. The zero-order valence-corrected chi connectivity index (χ0v) is 12.2. The number of nitrogens with zero attached hydrogens (tertiary/aromatic N) is 2. The van der Waals surface area contributed by atoms with Crippen molar-refractivity contribution in [3.63, 3.8) is 0 Å². The summed E-state index contributed by atoms with van der Waals surface area (Å²) in [6.45, 7) is 2.29. The zero-order chi connectivity index (χ0) is 15.4. The van der Waals surface area contributed by atoms with Crippen LogP contribution >= 0.6 is 11.8 Å². The van der Waals surface area contributed by atoms with E-state index in [0.717, 1.165) is 23.5 Å². The highest BCUT2D eigenvalue weighted by Gasteiger charge is 2.09. The molecule has 0 saturated heterocycles. The number of aliphatic carboxylic acids is 1. The average molecular weight is 312 g/mol. The summed E-state index contributed by atoms with van der Waals surface area (Å²) in [6, 6.07) is 3.41. The van der Waals surface area contributed by atoms with Crippen LogP contribution in [0.15, 0.2) is 29.6 Å². The van der Waals surface area contributed by atoms with E-state index in [2.05, 4.69) is 4.98 Å². The number of hydrogen-bond acceptors (Lipinski definition) is 3. The molecule has 0 aliphatic carbocycles. The molecular formula is C14H14F2N2O2S. The van der Waals surface area contributed by atoms with Crippen molar-refractivity contribution in [2.24, 2.45) is 0 Å². The van der Waals surface area contributed by atoms with Crippen molar-refractivity contribution in [3.05, 3.63) is 47.3 Å². The van der Waals surface area contributed by atoms with Gasteiger partial charge in [-0.1, -0.05) is 11.8 Å². The highest BCUT2D eigenvalue weighted by Crippen LogP contribution is 2.18. The van der Waals surface area contributed by atoms with Crippen LogP contribution in [0.3, 0.4) is 0 Å². The molecule has 0 unspecified atom stereocenters. The Labute approximate surface area is 124 Å². The molecule has 1 aromatic carbocycles. The lowest BCUT2D eigenvalue weighted by atomic mass is 10.1. The number of carboxylic acid groups (broad SMARTS) is 1. The lowest BCUT2D eigenvalue weighted by molar-refractivity contribution is -0.133. The summed E-state index contributed by atoms with van der Waals surface area (Å²) in [5, 5.41) is 9.29. The van der Waals surface area contributed by atoms with Crippen LogP contribution < -0.4 is 0 Å². The third-order valence-electron chi connectivity index (χ3n) is 2.75. The first kappa shape index (κ1) is 15.5. The van der Waals surface area contributed by atoms with Gasteiger partial charge in [0, 0.05) is 18.8 Å². The smallest absolute Gasteiger partial charge is 0.313 e. The van der Waals surface area contributed by atoms with Crippen molar-refractivity contribution < 1.29 is 18.7 Å². The summed E-state index contributed by atoms with van der Waals surface area (Å²) in [4.78, 5) is 14.8. The van der Waals surface area contributed by atoms with Crippen LogP contribution in [0.1, 0.15) is 11.3 Å². The van der Waals surface area contributed by atoms with Gasteiger partial charge in [0.25, 0.3) is 0 Å². The molecular weight excluding hydrogens is 298 g/mol. The van der Waals surface area contributed by atoms with Gasteiger partial charge in [-0.05, 0) is 31.0 Å². The summed E-state index contributed by atoms with van der Waals surface area (Å²) >= 11 is 1.12. The quantitative estimate of drug-likeness (QED) is 0.833. The first-order chi connectivity index (χ1) is 9.94. The normalized spacial score (nSPS) is 10.8. The van der Waals surface area contributed by atoms with E-state index in [1.807, 2.05) is 6.92 Å².